The Morgan fingerprint density at radius 1 is 1.13 bits per heavy atom. The van der Waals surface area contributed by atoms with Crippen molar-refractivity contribution in [3.05, 3.63) is 71.4 Å². The van der Waals surface area contributed by atoms with Crippen LogP contribution in [0.1, 0.15) is 22.5 Å². The molecule has 0 saturated carbocycles. The first-order valence-corrected chi connectivity index (χ1v) is 11.2. The number of Topliss-reactive ketones (excluding diaryl/α,β-unsaturated/α-hetero) is 1. The van der Waals surface area contributed by atoms with Gasteiger partial charge in [0.2, 0.25) is 10.0 Å². The number of sulfonamides is 1. The summed E-state index contributed by atoms with van der Waals surface area (Å²) in [6.45, 7) is 0. The molecule has 0 spiro atoms. The maximum absolute atomic E-state index is 14.0. The molecule has 2 atom stereocenters. The second kappa shape index (κ2) is 8.20. The fourth-order valence-corrected chi connectivity index (χ4v) is 4.98. The molecule has 0 bridgehead atoms. The van der Waals surface area contributed by atoms with Gasteiger partial charge in [0.15, 0.2) is 5.78 Å². The maximum atomic E-state index is 14.0. The lowest BCUT2D eigenvalue weighted by molar-refractivity contribution is -0.122. The lowest BCUT2D eigenvalue weighted by Crippen LogP contribution is -2.49. The van der Waals surface area contributed by atoms with Gasteiger partial charge in [0, 0.05) is 11.5 Å². The van der Waals surface area contributed by atoms with Crippen molar-refractivity contribution >= 4 is 32.6 Å². The van der Waals surface area contributed by atoms with E-state index < -0.39 is 45.4 Å². The zero-order valence-electron chi connectivity index (χ0n) is 16.2. The lowest BCUT2D eigenvalue weighted by Gasteiger charge is -2.20. The Hall–Kier alpha value is -3.11. The van der Waals surface area contributed by atoms with E-state index in [1.54, 1.807) is 24.3 Å². The molecule has 1 saturated heterocycles. The second-order valence-electron chi connectivity index (χ2n) is 7.43. The average Bonchev–Trinajstić information content (AvgIpc) is 3.31. The Morgan fingerprint density at radius 2 is 1.87 bits per heavy atom. The normalized spacial score (nSPS) is 18.7. The first-order chi connectivity index (χ1) is 14.7. The van der Waals surface area contributed by atoms with E-state index in [0.717, 1.165) is 11.6 Å². The SMILES string of the molecule is O=C(N[C@@H](Cc1ccccc1)C(=O)[C@@H]1CCS(=O)(=O)N1)c1cc2cc(F)cc(F)c2[nH]1. The highest BCUT2D eigenvalue weighted by Gasteiger charge is 2.36. The molecule has 1 aromatic heterocycles. The fraction of sp³-hybridized carbons (Fsp3) is 0.238. The van der Waals surface area contributed by atoms with Gasteiger partial charge in [0.1, 0.15) is 17.3 Å². The van der Waals surface area contributed by atoms with Crippen LogP contribution in [-0.4, -0.2) is 42.9 Å². The number of ketones is 1. The number of benzene rings is 2. The van der Waals surface area contributed by atoms with Crippen molar-refractivity contribution in [2.24, 2.45) is 0 Å². The van der Waals surface area contributed by atoms with Crippen LogP contribution in [0.2, 0.25) is 0 Å². The molecular formula is C21H19F2N3O4S. The molecule has 1 aliphatic rings. The number of nitrogens with one attached hydrogen (secondary N) is 3. The summed E-state index contributed by atoms with van der Waals surface area (Å²) in [5.74, 6) is -2.94. The Morgan fingerprint density at radius 3 is 2.55 bits per heavy atom. The maximum Gasteiger partial charge on any atom is 0.268 e. The van der Waals surface area contributed by atoms with E-state index in [0.29, 0.717) is 6.07 Å². The minimum atomic E-state index is -3.52. The summed E-state index contributed by atoms with van der Waals surface area (Å²) in [7, 11) is -3.52. The molecule has 0 aliphatic carbocycles. The van der Waals surface area contributed by atoms with Crippen LogP contribution in [0.4, 0.5) is 8.78 Å². The second-order valence-corrected chi connectivity index (χ2v) is 9.30. The van der Waals surface area contributed by atoms with E-state index in [-0.39, 0.29) is 35.2 Å². The van der Waals surface area contributed by atoms with Gasteiger partial charge < -0.3 is 10.3 Å². The van der Waals surface area contributed by atoms with Crippen LogP contribution in [0.5, 0.6) is 0 Å². The molecule has 2 heterocycles. The Balaban J connectivity index is 1.60. The number of carbonyl (C=O) groups excluding carboxylic acids is 2. The summed E-state index contributed by atoms with van der Waals surface area (Å²) in [6, 6.07) is 10.1. The third-order valence-electron chi connectivity index (χ3n) is 5.16. The fourth-order valence-electron chi connectivity index (χ4n) is 3.65. The van der Waals surface area contributed by atoms with Gasteiger partial charge in [-0.3, -0.25) is 9.59 Å². The highest BCUT2D eigenvalue weighted by molar-refractivity contribution is 7.89. The summed E-state index contributed by atoms with van der Waals surface area (Å²) in [5.41, 5.74) is 0.699. The van der Waals surface area contributed by atoms with Gasteiger partial charge in [-0.1, -0.05) is 30.3 Å². The Kier molecular flexibility index (Phi) is 5.59. The zero-order valence-corrected chi connectivity index (χ0v) is 17.0. The smallest absolute Gasteiger partial charge is 0.268 e. The van der Waals surface area contributed by atoms with Crippen molar-refractivity contribution in [2.75, 3.05) is 5.75 Å². The average molecular weight is 447 g/mol. The van der Waals surface area contributed by atoms with Gasteiger partial charge in [-0.15, -0.1) is 0 Å². The first-order valence-electron chi connectivity index (χ1n) is 9.58. The number of halogens is 2. The van der Waals surface area contributed by atoms with E-state index in [1.807, 2.05) is 6.07 Å². The number of H-pyrrole nitrogens is 1. The van der Waals surface area contributed by atoms with E-state index in [2.05, 4.69) is 15.0 Å². The number of hydrogen-bond acceptors (Lipinski definition) is 4. The Labute approximate surface area is 176 Å². The van der Waals surface area contributed by atoms with Crippen molar-refractivity contribution < 1.29 is 26.8 Å². The molecule has 3 aromatic rings. The van der Waals surface area contributed by atoms with Gasteiger partial charge in [-0.2, -0.15) is 0 Å². The highest BCUT2D eigenvalue weighted by Crippen LogP contribution is 2.21. The molecule has 162 valence electrons. The molecule has 2 aromatic carbocycles. The summed E-state index contributed by atoms with van der Waals surface area (Å²) in [4.78, 5) is 28.4. The largest absolute Gasteiger partial charge is 0.348 e. The van der Waals surface area contributed by atoms with Crippen molar-refractivity contribution in [3.8, 4) is 0 Å². The predicted octanol–water partition coefficient (Wildman–Crippen LogP) is 2.05. The van der Waals surface area contributed by atoms with Crippen LogP contribution in [0, 0.1) is 11.6 Å². The molecule has 31 heavy (non-hydrogen) atoms. The Bertz CT molecular complexity index is 1260. The van der Waals surface area contributed by atoms with Crippen molar-refractivity contribution in [1.29, 1.82) is 0 Å². The minimum Gasteiger partial charge on any atom is -0.348 e. The van der Waals surface area contributed by atoms with Crippen LogP contribution in [0.15, 0.2) is 48.5 Å². The summed E-state index contributed by atoms with van der Waals surface area (Å²) in [6.07, 6.45) is 0.256. The quantitative estimate of drug-likeness (QED) is 0.537. The molecule has 0 unspecified atom stereocenters. The van der Waals surface area contributed by atoms with Crippen LogP contribution in [0.3, 0.4) is 0 Å². The number of amides is 1. The lowest BCUT2D eigenvalue weighted by atomic mass is 9.97. The summed E-state index contributed by atoms with van der Waals surface area (Å²) < 4.78 is 53.1. The van der Waals surface area contributed by atoms with Crippen LogP contribution < -0.4 is 10.0 Å². The van der Waals surface area contributed by atoms with E-state index in [4.69, 9.17) is 0 Å². The number of aromatic nitrogens is 1. The number of rotatable bonds is 6. The number of fused-ring (bicyclic) bond motifs is 1. The highest BCUT2D eigenvalue weighted by atomic mass is 32.2. The minimum absolute atomic E-state index is 0.0268. The van der Waals surface area contributed by atoms with E-state index >= 15 is 0 Å². The number of hydrogen-bond donors (Lipinski definition) is 3. The third-order valence-corrected chi connectivity index (χ3v) is 6.58. The molecule has 1 aliphatic heterocycles. The van der Waals surface area contributed by atoms with Gasteiger partial charge in [-0.25, -0.2) is 21.9 Å². The first kappa shape index (κ1) is 21.1. The van der Waals surface area contributed by atoms with Gasteiger partial charge >= 0.3 is 0 Å². The molecule has 3 N–H and O–H groups in total. The number of aromatic amines is 1. The zero-order chi connectivity index (χ0) is 22.2. The van der Waals surface area contributed by atoms with Crippen molar-refractivity contribution in [1.82, 2.24) is 15.0 Å². The van der Waals surface area contributed by atoms with E-state index in [9.17, 15) is 26.8 Å². The molecular weight excluding hydrogens is 428 g/mol. The van der Waals surface area contributed by atoms with Crippen LogP contribution in [-0.2, 0) is 21.2 Å². The standard InChI is InChI=1S/C21H19F2N3O4S/c22-14-9-13-10-18(24-19(13)15(23)11-14)21(28)25-17(8-12-4-2-1-3-5-12)20(27)16-6-7-31(29,30)26-16/h1-5,9-11,16-17,24,26H,6-8H2,(H,25,28)/t16-,17-/m0/s1. The van der Waals surface area contributed by atoms with Gasteiger partial charge in [-0.05, 0) is 30.5 Å². The monoisotopic (exact) mass is 447 g/mol. The van der Waals surface area contributed by atoms with Gasteiger partial charge in [0.25, 0.3) is 5.91 Å². The van der Waals surface area contributed by atoms with Crippen LogP contribution >= 0.6 is 0 Å². The molecule has 1 fully saturated rings. The topological polar surface area (TPSA) is 108 Å². The summed E-state index contributed by atoms with van der Waals surface area (Å²) in [5, 5.41) is 2.79. The molecule has 4 rings (SSSR count). The number of carbonyl (C=O) groups is 2. The van der Waals surface area contributed by atoms with Gasteiger partial charge in [0.05, 0.1) is 23.4 Å². The van der Waals surface area contributed by atoms with E-state index in [1.165, 1.54) is 6.07 Å². The molecule has 0 radical (unpaired) electrons. The van der Waals surface area contributed by atoms with Crippen LogP contribution in [0.25, 0.3) is 10.9 Å². The molecule has 1 amide bonds. The molecule has 7 nitrogen and oxygen atoms in total. The van der Waals surface area contributed by atoms with Crippen molar-refractivity contribution in [3.63, 3.8) is 0 Å². The third kappa shape index (κ3) is 4.64. The van der Waals surface area contributed by atoms with Crippen molar-refractivity contribution in [2.45, 2.75) is 24.9 Å². The molecule has 10 heteroatoms. The summed E-state index contributed by atoms with van der Waals surface area (Å²) >= 11 is 0. The predicted molar refractivity (Wildman–Crippen MR) is 110 cm³/mol.